The monoisotopic (exact) mass is 346 g/mol. The second-order valence-corrected chi connectivity index (χ2v) is 7.33. The highest BCUT2D eigenvalue weighted by Gasteiger charge is 2.15. The van der Waals surface area contributed by atoms with Gasteiger partial charge in [0.1, 0.15) is 0 Å². The van der Waals surface area contributed by atoms with Gasteiger partial charge >= 0.3 is 0 Å². The molecule has 0 radical (unpaired) electrons. The van der Waals surface area contributed by atoms with E-state index in [-0.39, 0.29) is 5.75 Å². The fraction of sp³-hybridized carbons (Fsp3) is 0.263. The highest BCUT2D eigenvalue weighted by molar-refractivity contribution is 7.91. The minimum atomic E-state index is -3.37. The highest BCUT2D eigenvalue weighted by atomic mass is 32.2. The number of sulfone groups is 1. The van der Waals surface area contributed by atoms with Gasteiger partial charge in [0, 0.05) is 20.6 Å². The van der Waals surface area contributed by atoms with Crippen molar-refractivity contribution in [1.82, 2.24) is 0 Å². The van der Waals surface area contributed by atoms with Crippen molar-refractivity contribution in [1.29, 1.82) is 0 Å². The Kier molecular flexibility index (Phi) is 6.73. The molecule has 0 aliphatic carbocycles. The normalized spacial score (nSPS) is 12.5. The maximum absolute atomic E-state index is 12.5. The Morgan fingerprint density at radius 1 is 0.958 bits per heavy atom. The van der Waals surface area contributed by atoms with Gasteiger partial charge in [-0.2, -0.15) is 0 Å². The first-order valence-corrected chi connectivity index (χ1v) is 9.30. The van der Waals surface area contributed by atoms with Crippen molar-refractivity contribution < 1.29 is 17.9 Å². The van der Waals surface area contributed by atoms with E-state index in [1.165, 1.54) is 0 Å². The molecular formula is C19H22O4S. The third-order valence-electron chi connectivity index (χ3n) is 3.71. The second kappa shape index (κ2) is 8.78. The van der Waals surface area contributed by atoms with Crippen LogP contribution in [0.5, 0.6) is 0 Å². The molecule has 2 rings (SSSR count). The van der Waals surface area contributed by atoms with Gasteiger partial charge in [0.15, 0.2) is 16.1 Å². The van der Waals surface area contributed by atoms with Crippen molar-refractivity contribution >= 4 is 15.4 Å². The summed E-state index contributed by atoms with van der Waals surface area (Å²) in [6.07, 6.45) is 1.79. The zero-order valence-corrected chi connectivity index (χ0v) is 14.7. The average molecular weight is 346 g/mol. The van der Waals surface area contributed by atoms with Gasteiger partial charge in [0.2, 0.25) is 0 Å². The van der Waals surface area contributed by atoms with E-state index >= 15 is 0 Å². The van der Waals surface area contributed by atoms with E-state index in [1.807, 2.05) is 30.3 Å². The fourth-order valence-electron chi connectivity index (χ4n) is 2.35. The predicted molar refractivity (Wildman–Crippen MR) is 95.3 cm³/mol. The standard InChI is InChI=1S/C19H22O4S/c1-22-19(23-2)15-17(16-9-5-3-6-10-16)13-14-24(20,21)18-11-7-4-8-12-18/h3-13,19H,14-15H2,1-2H3/b17-13-. The van der Waals surface area contributed by atoms with Crippen molar-refractivity contribution in [2.45, 2.75) is 17.6 Å². The Hall–Kier alpha value is -1.95. The van der Waals surface area contributed by atoms with Crippen LogP contribution in [-0.4, -0.2) is 34.7 Å². The van der Waals surface area contributed by atoms with E-state index in [2.05, 4.69) is 0 Å². The SMILES string of the molecule is COC(C/C(=C/CS(=O)(=O)c1ccccc1)c1ccccc1)OC. The van der Waals surface area contributed by atoms with Crippen LogP contribution in [0.3, 0.4) is 0 Å². The maximum Gasteiger partial charge on any atom is 0.181 e. The maximum atomic E-state index is 12.5. The summed E-state index contributed by atoms with van der Waals surface area (Å²) < 4.78 is 35.5. The first-order valence-electron chi connectivity index (χ1n) is 7.64. The zero-order valence-electron chi connectivity index (χ0n) is 13.9. The number of methoxy groups -OCH3 is 2. The van der Waals surface area contributed by atoms with Gasteiger partial charge in [0.25, 0.3) is 0 Å². The van der Waals surface area contributed by atoms with Gasteiger partial charge in [-0.25, -0.2) is 8.42 Å². The average Bonchev–Trinajstić information content (AvgIpc) is 2.63. The van der Waals surface area contributed by atoms with E-state index in [0.29, 0.717) is 11.3 Å². The summed E-state index contributed by atoms with van der Waals surface area (Å²) in [6, 6.07) is 18.1. The van der Waals surface area contributed by atoms with Gasteiger partial charge in [-0.05, 0) is 23.3 Å². The third kappa shape index (κ3) is 5.03. The lowest BCUT2D eigenvalue weighted by atomic mass is 10.0. The molecule has 24 heavy (non-hydrogen) atoms. The molecule has 0 saturated carbocycles. The van der Waals surface area contributed by atoms with Crippen LogP contribution in [0.25, 0.3) is 5.57 Å². The van der Waals surface area contributed by atoms with Crippen LogP contribution in [0.4, 0.5) is 0 Å². The molecule has 5 heteroatoms. The van der Waals surface area contributed by atoms with Crippen molar-refractivity contribution in [2.75, 3.05) is 20.0 Å². The van der Waals surface area contributed by atoms with Crippen LogP contribution in [0.1, 0.15) is 12.0 Å². The molecule has 0 spiro atoms. The van der Waals surface area contributed by atoms with Gasteiger partial charge in [-0.1, -0.05) is 54.6 Å². The summed E-state index contributed by atoms with van der Waals surface area (Å²) in [5, 5.41) is 0. The highest BCUT2D eigenvalue weighted by Crippen LogP contribution is 2.22. The molecule has 0 atom stereocenters. The molecule has 2 aromatic rings. The molecule has 2 aromatic carbocycles. The van der Waals surface area contributed by atoms with Crippen molar-refractivity contribution in [3.05, 3.63) is 72.3 Å². The molecule has 0 saturated heterocycles. The van der Waals surface area contributed by atoms with E-state index in [9.17, 15) is 8.42 Å². The number of ether oxygens (including phenoxy) is 2. The van der Waals surface area contributed by atoms with E-state index < -0.39 is 16.1 Å². The summed E-state index contributed by atoms with van der Waals surface area (Å²) in [5.41, 5.74) is 1.84. The Morgan fingerprint density at radius 2 is 1.50 bits per heavy atom. The van der Waals surface area contributed by atoms with Crippen molar-refractivity contribution in [3.8, 4) is 0 Å². The molecule has 0 N–H and O–H groups in total. The topological polar surface area (TPSA) is 52.6 Å². The lowest BCUT2D eigenvalue weighted by molar-refractivity contribution is -0.0971. The summed E-state index contributed by atoms with van der Waals surface area (Å²) in [7, 11) is -0.237. The van der Waals surface area contributed by atoms with Crippen LogP contribution >= 0.6 is 0 Å². The molecule has 4 nitrogen and oxygen atoms in total. The first kappa shape index (κ1) is 18.4. The molecule has 0 aromatic heterocycles. The molecule has 0 aliphatic heterocycles. The molecular weight excluding hydrogens is 324 g/mol. The fourth-order valence-corrected chi connectivity index (χ4v) is 3.53. The number of benzene rings is 2. The van der Waals surface area contributed by atoms with Gasteiger partial charge < -0.3 is 9.47 Å². The predicted octanol–water partition coefficient (Wildman–Crippen LogP) is 3.55. The first-order chi connectivity index (χ1) is 11.6. The summed E-state index contributed by atoms with van der Waals surface area (Å²) in [6.45, 7) is 0. The van der Waals surface area contributed by atoms with E-state index in [0.717, 1.165) is 11.1 Å². The molecule has 0 bridgehead atoms. The lowest BCUT2D eigenvalue weighted by Gasteiger charge is -2.16. The quantitative estimate of drug-likeness (QED) is 0.686. The zero-order chi connectivity index (χ0) is 17.4. The Labute approximate surface area is 143 Å². The van der Waals surface area contributed by atoms with Crippen LogP contribution < -0.4 is 0 Å². The molecule has 0 heterocycles. The van der Waals surface area contributed by atoms with Gasteiger partial charge in [-0.3, -0.25) is 0 Å². The summed E-state index contributed by atoms with van der Waals surface area (Å²) >= 11 is 0. The smallest absolute Gasteiger partial charge is 0.181 e. The molecule has 128 valence electrons. The second-order valence-electron chi connectivity index (χ2n) is 5.29. The number of hydrogen-bond acceptors (Lipinski definition) is 4. The molecule has 0 amide bonds. The molecule has 0 unspecified atom stereocenters. The van der Waals surface area contributed by atoms with E-state index in [4.69, 9.17) is 9.47 Å². The Morgan fingerprint density at radius 3 is 2.04 bits per heavy atom. The largest absolute Gasteiger partial charge is 0.356 e. The van der Waals surface area contributed by atoms with Gasteiger partial charge in [0.05, 0.1) is 10.6 Å². The Balaban J connectivity index is 2.28. The minimum Gasteiger partial charge on any atom is -0.356 e. The number of hydrogen-bond donors (Lipinski definition) is 0. The summed E-state index contributed by atoms with van der Waals surface area (Å²) in [4.78, 5) is 0.323. The van der Waals surface area contributed by atoms with Crippen molar-refractivity contribution in [2.24, 2.45) is 0 Å². The van der Waals surface area contributed by atoms with Gasteiger partial charge in [-0.15, -0.1) is 0 Å². The number of rotatable bonds is 8. The van der Waals surface area contributed by atoms with Crippen LogP contribution in [0.15, 0.2) is 71.6 Å². The van der Waals surface area contributed by atoms with Crippen molar-refractivity contribution in [3.63, 3.8) is 0 Å². The minimum absolute atomic E-state index is 0.0681. The lowest BCUT2D eigenvalue weighted by Crippen LogP contribution is -2.14. The summed E-state index contributed by atoms with van der Waals surface area (Å²) in [5.74, 6) is -0.0681. The van der Waals surface area contributed by atoms with Crippen LogP contribution in [0, 0.1) is 0 Å². The van der Waals surface area contributed by atoms with E-state index in [1.54, 1.807) is 50.6 Å². The molecule has 0 aliphatic rings. The molecule has 0 fully saturated rings. The van der Waals surface area contributed by atoms with Crippen LogP contribution in [-0.2, 0) is 19.3 Å². The Bertz CT molecular complexity index is 748. The third-order valence-corrected chi connectivity index (χ3v) is 5.30. The van der Waals surface area contributed by atoms with Crippen LogP contribution in [0.2, 0.25) is 0 Å².